The summed E-state index contributed by atoms with van der Waals surface area (Å²) < 4.78 is 39.3. The van der Waals surface area contributed by atoms with Crippen molar-refractivity contribution in [3.63, 3.8) is 0 Å². The number of ether oxygens (including phenoxy) is 1. The van der Waals surface area contributed by atoms with Crippen molar-refractivity contribution >= 4 is 33.1 Å². The van der Waals surface area contributed by atoms with Gasteiger partial charge in [-0.15, -0.1) is 0 Å². The number of hydrogen-bond acceptors (Lipinski definition) is 7. The van der Waals surface area contributed by atoms with Crippen LogP contribution in [0.2, 0.25) is 0 Å². The summed E-state index contributed by atoms with van der Waals surface area (Å²) in [5, 5.41) is -0.118. The first kappa shape index (κ1) is 22.8. The smallest absolute Gasteiger partial charge is 0.342 e. The molecular formula is C24H21NO7S. The molecule has 0 bridgehead atoms. The topological polar surface area (TPSA) is 104 Å². The Morgan fingerprint density at radius 1 is 1.30 bits per heavy atom. The second-order valence-electron chi connectivity index (χ2n) is 7.77. The van der Waals surface area contributed by atoms with Crippen molar-refractivity contribution in [1.82, 2.24) is 0 Å². The molecule has 2 aromatic rings. The van der Waals surface area contributed by atoms with E-state index in [1.54, 1.807) is 13.0 Å². The molecule has 4 rings (SSSR count). The third kappa shape index (κ3) is 4.43. The number of benzene rings is 1. The fourth-order valence-corrected chi connectivity index (χ4v) is 4.95. The first-order valence-corrected chi connectivity index (χ1v) is 12.0. The highest BCUT2D eigenvalue weighted by molar-refractivity contribution is 7.91. The van der Waals surface area contributed by atoms with E-state index >= 15 is 0 Å². The number of aryl methyl sites for hydroxylation is 1. The van der Waals surface area contributed by atoms with Crippen LogP contribution in [0.15, 0.2) is 32.4 Å². The lowest BCUT2D eigenvalue weighted by atomic mass is 9.97. The minimum absolute atomic E-state index is 0.0215. The Labute approximate surface area is 191 Å². The summed E-state index contributed by atoms with van der Waals surface area (Å²) in [6.07, 6.45) is 2.42. The van der Waals surface area contributed by atoms with E-state index in [1.807, 2.05) is 6.07 Å². The molecule has 8 nitrogen and oxygen atoms in total. The van der Waals surface area contributed by atoms with E-state index in [0.29, 0.717) is 24.0 Å². The van der Waals surface area contributed by atoms with Crippen LogP contribution in [0.4, 0.5) is 0 Å². The van der Waals surface area contributed by atoms with Crippen molar-refractivity contribution in [3.05, 3.63) is 61.8 Å². The zero-order chi connectivity index (χ0) is 23.8. The third-order valence-corrected chi connectivity index (χ3v) is 7.02. The Hall–Kier alpha value is -3.40. The molecule has 170 valence electrons. The van der Waals surface area contributed by atoms with E-state index in [4.69, 9.17) is 15.7 Å². The van der Waals surface area contributed by atoms with Gasteiger partial charge in [0, 0.05) is 16.9 Å². The van der Waals surface area contributed by atoms with Crippen LogP contribution in [0, 0.1) is 36.2 Å². The molecule has 1 aromatic heterocycles. The van der Waals surface area contributed by atoms with Crippen LogP contribution < -0.4 is 5.63 Å². The second kappa shape index (κ2) is 8.86. The van der Waals surface area contributed by atoms with Gasteiger partial charge in [-0.3, -0.25) is 8.98 Å². The first-order chi connectivity index (χ1) is 15.8. The molecule has 2 aliphatic carbocycles. The quantitative estimate of drug-likeness (QED) is 0.211. The maximum absolute atomic E-state index is 12.5. The van der Waals surface area contributed by atoms with Crippen LogP contribution in [0.3, 0.4) is 0 Å². The number of carbonyl (C=O) groups is 1. The molecule has 3 unspecified atom stereocenters. The number of esters is 1. The summed E-state index contributed by atoms with van der Waals surface area (Å²) >= 11 is 0. The van der Waals surface area contributed by atoms with Gasteiger partial charge in [0.2, 0.25) is 0 Å². The molecule has 0 spiro atoms. The zero-order valence-corrected chi connectivity index (χ0v) is 18.9. The maximum atomic E-state index is 12.5. The van der Waals surface area contributed by atoms with Gasteiger partial charge >= 0.3 is 26.7 Å². The third-order valence-electron chi connectivity index (χ3n) is 5.75. The van der Waals surface area contributed by atoms with Crippen LogP contribution in [-0.4, -0.2) is 27.6 Å². The summed E-state index contributed by atoms with van der Waals surface area (Å²) in [5.41, 5.74) is 1.12. The molecule has 0 saturated heterocycles. The van der Waals surface area contributed by atoms with Gasteiger partial charge in [-0.2, -0.15) is 0 Å². The fraction of sp³-hybridized carbons (Fsp3) is 0.375. The monoisotopic (exact) mass is 467 g/mol. The number of fused-ring (bicyclic) bond motifs is 3. The Kier molecular flexibility index (Phi) is 6.11. The van der Waals surface area contributed by atoms with Gasteiger partial charge in [-0.25, -0.2) is 18.1 Å². The average Bonchev–Trinajstić information content (AvgIpc) is 3.45. The van der Waals surface area contributed by atoms with Crippen LogP contribution in [0.5, 0.6) is 0 Å². The van der Waals surface area contributed by atoms with Gasteiger partial charge < -0.3 is 9.15 Å². The molecule has 0 aliphatic heterocycles. The highest BCUT2D eigenvalue weighted by Gasteiger charge is 2.54. The molecule has 0 radical (unpaired) electrons. The average molecular weight is 467 g/mol. The van der Waals surface area contributed by atoms with Crippen LogP contribution >= 0.6 is 0 Å². The van der Waals surface area contributed by atoms with Crippen LogP contribution in [0.25, 0.3) is 21.9 Å². The van der Waals surface area contributed by atoms with Crippen molar-refractivity contribution in [2.24, 2.45) is 17.8 Å². The van der Waals surface area contributed by atoms with Crippen molar-refractivity contribution in [3.8, 4) is 11.8 Å². The Morgan fingerprint density at radius 2 is 2.09 bits per heavy atom. The van der Waals surface area contributed by atoms with Crippen molar-refractivity contribution < 1.29 is 26.5 Å². The highest BCUT2D eigenvalue weighted by atomic mass is 32.2. The predicted octanol–water partition coefficient (Wildman–Crippen LogP) is 3.10. The Morgan fingerprint density at radius 3 is 2.79 bits per heavy atom. The second-order valence-corrected chi connectivity index (χ2v) is 9.33. The Bertz CT molecular complexity index is 1430. The lowest BCUT2D eigenvalue weighted by Crippen LogP contribution is -2.09. The summed E-state index contributed by atoms with van der Waals surface area (Å²) in [4.78, 5) is 27.6. The fourth-order valence-electron chi connectivity index (χ4n) is 4.14. The van der Waals surface area contributed by atoms with Gasteiger partial charge in [-0.05, 0) is 62.4 Å². The normalized spacial score (nSPS) is 21.5. The number of hydrogen-bond donors (Lipinski definition) is 0. The van der Waals surface area contributed by atoms with Crippen molar-refractivity contribution in [2.75, 3.05) is 13.2 Å². The lowest BCUT2D eigenvalue weighted by Gasteiger charge is -2.09. The van der Waals surface area contributed by atoms with Gasteiger partial charge in [0.05, 0.1) is 31.3 Å². The molecule has 1 aromatic carbocycles. The number of nitrogens with zero attached hydrogens (tertiary/aromatic N) is 1. The molecule has 9 heteroatoms. The van der Waals surface area contributed by atoms with E-state index in [1.165, 1.54) is 13.0 Å². The van der Waals surface area contributed by atoms with Crippen molar-refractivity contribution in [1.29, 1.82) is 0 Å². The van der Waals surface area contributed by atoms with Crippen LogP contribution in [0.1, 0.15) is 37.0 Å². The van der Waals surface area contributed by atoms with E-state index in [2.05, 4.69) is 20.9 Å². The van der Waals surface area contributed by atoms with Crippen LogP contribution in [-0.2, 0) is 30.3 Å². The lowest BCUT2D eigenvalue weighted by molar-refractivity contribution is -0.145. The Balaban J connectivity index is 1.70. The molecule has 3 atom stereocenters. The highest BCUT2D eigenvalue weighted by Crippen LogP contribution is 2.50. The summed E-state index contributed by atoms with van der Waals surface area (Å²) in [7, 11) is -4.26. The van der Waals surface area contributed by atoms with Gasteiger partial charge in [0.15, 0.2) is 0 Å². The molecular weight excluding hydrogens is 446 g/mol. The molecule has 0 amide bonds. The molecule has 33 heavy (non-hydrogen) atoms. The van der Waals surface area contributed by atoms with Gasteiger partial charge in [0.25, 0.3) is 0 Å². The summed E-state index contributed by atoms with van der Waals surface area (Å²) in [6.45, 7) is 10.6. The standard InChI is InChI=1S/C24H21NO7S/c1-4-30-24(27)22-18-8-6-14-10-16-11-17(13-21(25-3)33(28,29)31-5-2)23(26)32-20(16)12-15(14)7-9-19(18)22/h10-13,18-19,22H,4-6,8H2,1-2H3/b21-13-. The predicted molar refractivity (Wildman–Crippen MR) is 120 cm³/mol. The molecule has 2 aliphatic rings. The van der Waals surface area contributed by atoms with Crippen molar-refractivity contribution in [2.45, 2.75) is 26.7 Å². The number of carbonyl (C=O) groups excluding carboxylic acids is 1. The van der Waals surface area contributed by atoms with E-state index < -0.39 is 20.8 Å². The minimum Gasteiger partial charge on any atom is -0.466 e. The molecule has 1 saturated carbocycles. The summed E-state index contributed by atoms with van der Waals surface area (Å²) in [6, 6.07) is 5.01. The maximum Gasteiger partial charge on any atom is 0.342 e. The summed E-state index contributed by atoms with van der Waals surface area (Å²) in [5.74, 6) is 6.01. The molecule has 0 N–H and O–H groups in total. The van der Waals surface area contributed by atoms with E-state index in [-0.39, 0.29) is 35.9 Å². The zero-order valence-electron chi connectivity index (χ0n) is 18.1. The van der Waals surface area contributed by atoms with Gasteiger partial charge in [-0.1, -0.05) is 11.8 Å². The molecule has 1 heterocycles. The first-order valence-electron chi connectivity index (χ1n) is 10.6. The van der Waals surface area contributed by atoms with E-state index in [0.717, 1.165) is 23.6 Å². The largest absolute Gasteiger partial charge is 0.466 e. The van der Waals surface area contributed by atoms with E-state index in [9.17, 15) is 18.0 Å². The minimum atomic E-state index is -4.26. The SMILES string of the molecule is [C-]#[N+]/C(=C/c1cc2cc3c(cc2oc1=O)C#CC1C(CC3)C1C(=O)OCC)S(=O)(=O)OCC. The molecule has 1 fully saturated rings. The van der Waals surface area contributed by atoms with Gasteiger partial charge in [0.1, 0.15) is 5.58 Å². The number of rotatable bonds is 6.